The first-order valence-corrected chi connectivity index (χ1v) is 7.45. The number of anilines is 1. The highest BCUT2D eigenvalue weighted by atomic mass is 16.5. The van der Waals surface area contributed by atoms with Crippen LogP contribution in [0.25, 0.3) is 0 Å². The fourth-order valence-electron chi connectivity index (χ4n) is 1.91. The lowest BCUT2D eigenvalue weighted by Crippen LogP contribution is -2.24. The summed E-state index contributed by atoms with van der Waals surface area (Å²) in [5.41, 5.74) is 0.164. The summed E-state index contributed by atoms with van der Waals surface area (Å²) >= 11 is 0. The molecule has 0 aliphatic heterocycles. The van der Waals surface area contributed by atoms with Crippen LogP contribution in [0.15, 0.2) is 18.2 Å². The lowest BCUT2D eigenvalue weighted by atomic mass is 10.1. The summed E-state index contributed by atoms with van der Waals surface area (Å²) in [6.07, 6.45) is 1.67. The number of benzene rings is 1. The van der Waals surface area contributed by atoms with E-state index in [0.717, 1.165) is 6.42 Å². The summed E-state index contributed by atoms with van der Waals surface area (Å²) in [6.45, 7) is 2.58. The van der Waals surface area contributed by atoms with Gasteiger partial charge < -0.3 is 20.5 Å². The average Bonchev–Trinajstić information content (AvgIpc) is 2.53. The molecule has 0 unspecified atom stereocenters. The second-order valence-electron chi connectivity index (χ2n) is 4.97. The van der Waals surface area contributed by atoms with Crippen LogP contribution in [0.1, 0.15) is 43.0 Å². The zero-order valence-corrected chi connectivity index (χ0v) is 13.3. The van der Waals surface area contributed by atoms with Crippen LogP contribution in [-0.4, -0.2) is 36.5 Å². The SMILES string of the molecule is CCCNC(=O)CCCC(=O)Nc1ccc(OC)cc1C(=O)O. The molecule has 0 spiro atoms. The molecule has 0 radical (unpaired) electrons. The summed E-state index contributed by atoms with van der Waals surface area (Å²) in [4.78, 5) is 34.5. The Morgan fingerprint density at radius 2 is 1.87 bits per heavy atom. The standard InChI is InChI=1S/C16H22N2O5/c1-3-9-17-14(19)5-4-6-15(20)18-13-8-7-11(23-2)10-12(13)16(21)22/h7-8,10H,3-6,9H2,1-2H3,(H,17,19)(H,18,20)(H,21,22). The van der Waals surface area contributed by atoms with E-state index in [0.29, 0.717) is 18.7 Å². The van der Waals surface area contributed by atoms with Crippen molar-refractivity contribution in [3.8, 4) is 5.75 Å². The zero-order valence-electron chi connectivity index (χ0n) is 13.3. The fourth-order valence-corrected chi connectivity index (χ4v) is 1.91. The van der Waals surface area contributed by atoms with Crippen molar-refractivity contribution < 1.29 is 24.2 Å². The van der Waals surface area contributed by atoms with Gasteiger partial charge in [-0.1, -0.05) is 6.92 Å². The summed E-state index contributed by atoms with van der Waals surface area (Å²) in [6, 6.07) is 4.39. The summed E-state index contributed by atoms with van der Waals surface area (Å²) < 4.78 is 4.97. The quantitative estimate of drug-likeness (QED) is 0.645. The summed E-state index contributed by atoms with van der Waals surface area (Å²) in [7, 11) is 1.43. The third-order valence-electron chi connectivity index (χ3n) is 3.11. The number of carbonyl (C=O) groups excluding carboxylic acids is 2. The van der Waals surface area contributed by atoms with Gasteiger partial charge in [0.15, 0.2) is 0 Å². The Bertz CT molecular complexity index is 572. The van der Waals surface area contributed by atoms with E-state index in [1.165, 1.54) is 19.2 Å². The molecule has 7 heteroatoms. The molecule has 0 saturated carbocycles. The number of amides is 2. The first-order chi connectivity index (χ1) is 11.0. The topological polar surface area (TPSA) is 105 Å². The van der Waals surface area contributed by atoms with Gasteiger partial charge in [-0.2, -0.15) is 0 Å². The maximum Gasteiger partial charge on any atom is 0.337 e. The first-order valence-electron chi connectivity index (χ1n) is 7.45. The van der Waals surface area contributed by atoms with Gasteiger partial charge in [0.2, 0.25) is 11.8 Å². The largest absolute Gasteiger partial charge is 0.497 e. The Morgan fingerprint density at radius 1 is 1.17 bits per heavy atom. The van der Waals surface area contributed by atoms with Crippen molar-refractivity contribution in [2.75, 3.05) is 19.0 Å². The molecular weight excluding hydrogens is 300 g/mol. The number of carboxylic acid groups (broad SMARTS) is 1. The number of carbonyl (C=O) groups is 3. The Labute approximate surface area is 135 Å². The molecule has 0 aliphatic rings. The zero-order chi connectivity index (χ0) is 17.2. The van der Waals surface area contributed by atoms with Gasteiger partial charge in [0.05, 0.1) is 18.4 Å². The minimum absolute atomic E-state index is 0.0432. The highest BCUT2D eigenvalue weighted by Gasteiger charge is 2.14. The second kappa shape index (κ2) is 9.45. The van der Waals surface area contributed by atoms with Gasteiger partial charge >= 0.3 is 5.97 Å². The Hall–Kier alpha value is -2.57. The maximum atomic E-state index is 11.9. The normalized spacial score (nSPS) is 10.0. The lowest BCUT2D eigenvalue weighted by molar-refractivity contribution is -0.121. The van der Waals surface area contributed by atoms with Gasteiger partial charge in [-0.05, 0) is 31.0 Å². The monoisotopic (exact) mass is 322 g/mol. The number of methoxy groups -OCH3 is 1. The second-order valence-corrected chi connectivity index (χ2v) is 4.97. The molecule has 3 N–H and O–H groups in total. The smallest absolute Gasteiger partial charge is 0.337 e. The van der Waals surface area contributed by atoms with Crippen LogP contribution in [0.3, 0.4) is 0 Å². The molecule has 1 aromatic rings. The third-order valence-corrected chi connectivity index (χ3v) is 3.11. The van der Waals surface area contributed by atoms with E-state index in [1.807, 2.05) is 6.92 Å². The molecule has 0 atom stereocenters. The molecule has 1 aromatic carbocycles. The number of hydrogen-bond acceptors (Lipinski definition) is 4. The minimum atomic E-state index is -1.15. The van der Waals surface area contributed by atoms with Crippen molar-refractivity contribution in [1.82, 2.24) is 5.32 Å². The van der Waals surface area contributed by atoms with Crippen molar-refractivity contribution in [2.45, 2.75) is 32.6 Å². The van der Waals surface area contributed by atoms with Crippen molar-refractivity contribution in [2.24, 2.45) is 0 Å². The first kappa shape index (κ1) is 18.5. The third kappa shape index (κ3) is 6.37. The van der Waals surface area contributed by atoms with Gasteiger partial charge in [0.1, 0.15) is 5.75 Å². The molecule has 0 aromatic heterocycles. The van der Waals surface area contributed by atoms with E-state index < -0.39 is 5.97 Å². The van der Waals surface area contributed by atoms with Crippen molar-refractivity contribution in [3.05, 3.63) is 23.8 Å². The number of carboxylic acids is 1. The molecule has 0 aliphatic carbocycles. The van der Waals surface area contributed by atoms with Crippen LogP contribution in [0.4, 0.5) is 5.69 Å². The van der Waals surface area contributed by atoms with Crippen LogP contribution in [0.2, 0.25) is 0 Å². The van der Waals surface area contributed by atoms with E-state index in [2.05, 4.69) is 10.6 Å². The van der Waals surface area contributed by atoms with Crippen LogP contribution in [-0.2, 0) is 9.59 Å². The molecule has 126 valence electrons. The van der Waals surface area contributed by atoms with Gasteiger partial charge in [-0.3, -0.25) is 9.59 Å². The van der Waals surface area contributed by atoms with Crippen LogP contribution in [0.5, 0.6) is 5.75 Å². The molecule has 0 saturated heterocycles. The van der Waals surface area contributed by atoms with E-state index >= 15 is 0 Å². The molecule has 0 fully saturated rings. The molecule has 0 bridgehead atoms. The number of rotatable bonds is 9. The van der Waals surface area contributed by atoms with Crippen molar-refractivity contribution in [3.63, 3.8) is 0 Å². The predicted octanol–water partition coefficient (Wildman–Crippen LogP) is 2.03. The Balaban J connectivity index is 2.54. The van der Waals surface area contributed by atoms with E-state index in [4.69, 9.17) is 4.74 Å². The van der Waals surface area contributed by atoms with Crippen LogP contribution < -0.4 is 15.4 Å². The van der Waals surface area contributed by atoms with Gasteiger partial charge in [0, 0.05) is 19.4 Å². The van der Waals surface area contributed by atoms with Crippen molar-refractivity contribution >= 4 is 23.5 Å². The highest BCUT2D eigenvalue weighted by molar-refractivity contribution is 6.00. The maximum absolute atomic E-state index is 11.9. The number of nitrogens with one attached hydrogen (secondary N) is 2. The number of aromatic carboxylic acids is 1. The molecular formula is C16H22N2O5. The summed E-state index contributed by atoms with van der Waals surface area (Å²) in [5.74, 6) is -1.18. The number of hydrogen-bond donors (Lipinski definition) is 3. The fraction of sp³-hybridized carbons (Fsp3) is 0.438. The minimum Gasteiger partial charge on any atom is -0.497 e. The van der Waals surface area contributed by atoms with Crippen LogP contribution >= 0.6 is 0 Å². The molecule has 7 nitrogen and oxygen atoms in total. The molecule has 0 heterocycles. The number of ether oxygens (including phenoxy) is 1. The lowest BCUT2D eigenvalue weighted by Gasteiger charge is -2.10. The molecule has 2 amide bonds. The van der Waals surface area contributed by atoms with E-state index in [-0.39, 0.29) is 35.9 Å². The molecule has 23 heavy (non-hydrogen) atoms. The summed E-state index contributed by atoms with van der Waals surface area (Å²) in [5, 5.41) is 14.5. The predicted molar refractivity (Wildman–Crippen MR) is 85.7 cm³/mol. The van der Waals surface area contributed by atoms with Gasteiger partial charge in [-0.15, -0.1) is 0 Å². The highest BCUT2D eigenvalue weighted by Crippen LogP contribution is 2.22. The van der Waals surface area contributed by atoms with E-state index in [9.17, 15) is 19.5 Å². The Kier molecular flexibility index (Phi) is 7.59. The molecule has 1 rings (SSSR count). The van der Waals surface area contributed by atoms with Crippen molar-refractivity contribution in [1.29, 1.82) is 0 Å². The van der Waals surface area contributed by atoms with Crippen LogP contribution in [0, 0.1) is 0 Å². The van der Waals surface area contributed by atoms with E-state index in [1.54, 1.807) is 6.07 Å². The Morgan fingerprint density at radius 3 is 2.48 bits per heavy atom. The van der Waals surface area contributed by atoms with Gasteiger partial charge in [-0.25, -0.2) is 4.79 Å². The van der Waals surface area contributed by atoms with Gasteiger partial charge in [0.25, 0.3) is 0 Å². The average molecular weight is 322 g/mol.